The van der Waals surface area contributed by atoms with Gasteiger partial charge in [-0.05, 0) is 32.6 Å². The lowest BCUT2D eigenvalue weighted by Gasteiger charge is -2.22. The minimum Gasteiger partial charge on any atom is -0.469 e. The molecule has 0 aromatic heterocycles. The molecule has 4 atom stereocenters. The number of ketones is 1. The van der Waals surface area contributed by atoms with Gasteiger partial charge in [-0.1, -0.05) is 64.0 Å². The molecule has 0 heterocycles. The first-order valence-corrected chi connectivity index (χ1v) is 11.5. The summed E-state index contributed by atoms with van der Waals surface area (Å²) >= 11 is 0. The van der Waals surface area contributed by atoms with E-state index in [2.05, 4.69) is 11.7 Å². The number of methoxy groups -OCH3 is 1. The largest absolute Gasteiger partial charge is 0.469 e. The third-order valence-corrected chi connectivity index (χ3v) is 6.09. The molecule has 0 saturated heterocycles. The summed E-state index contributed by atoms with van der Waals surface area (Å²) < 4.78 is 4.63. The first kappa shape index (κ1) is 25.8. The number of hydrogen-bond acceptors (Lipinski definition) is 5. The maximum absolute atomic E-state index is 12.3. The van der Waals surface area contributed by atoms with Crippen LogP contribution in [0.4, 0.5) is 0 Å². The quantitative estimate of drug-likeness (QED) is 0.232. The van der Waals surface area contributed by atoms with Crippen LogP contribution in [-0.4, -0.2) is 40.8 Å². The summed E-state index contributed by atoms with van der Waals surface area (Å²) in [4.78, 5) is 23.4. The molecule has 0 bridgehead atoms. The third kappa shape index (κ3) is 10.4. The van der Waals surface area contributed by atoms with Gasteiger partial charge in [-0.2, -0.15) is 0 Å². The number of ether oxygens (including phenoxy) is 1. The number of unbranched alkanes of at least 4 members (excludes halogenated alkanes) is 6. The molecule has 1 aliphatic carbocycles. The summed E-state index contributed by atoms with van der Waals surface area (Å²) in [7, 11) is 1.42. The normalized spacial score (nSPS) is 24.2. The van der Waals surface area contributed by atoms with Gasteiger partial charge in [-0.15, -0.1) is 0 Å². The highest BCUT2D eigenvalue weighted by molar-refractivity contribution is 5.84. The molecule has 5 nitrogen and oxygen atoms in total. The lowest BCUT2D eigenvalue weighted by atomic mass is 9.87. The van der Waals surface area contributed by atoms with E-state index in [1.54, 1.807) is 0 Å². The molecule has 168 valence electrons. The smallest absolute Gasteiger partial charge is 0.305 e. The Morgan fingerprint density at radius 3 is 2.48 bits per heavy atom. The van der Waals surface area contributed by atoms with Crippen LogP contribution < -0.4 is 0 Å². The average Bonchev–Trinajstić information content (AvgIpc) is 2.94. The van der Waals surface area contributed by atoms with E-state index in [1.165, 1.54) is 7.11 Å². The van der Waals surface area contributed by atoms with E-state index < -0.39 is 11.7 Å². The van der Waals surface area contributed by atoms with Gasteiger partial charge in [0.2, 0.25) is 0 Å². The van der Waals surface area contributed by atoms with E-state index in [0.29, 0.717) is 12.8 Å². The summed E-state index contributed by atoms with van der Waals surface area (Å²) in [5, 5.41) is 20.7. The number of Topliss-reactive ketones (excluding diaryl/α,β-unsaturated/α-hetero) is 1. The average molecular weight is 411 g/mol. The summed E-state index contributed by atoms with van der Waals surface area (Å²) in [6.45, 7) is 3.96. The van der Waals surface area contributed by atoms with Crippen molar-refractivity contribution in [3.63, 3.8) is 0 Å². The zero-order chi connectivity index (χ0) is 21.7. The number of rotatable bonds is 15. The van der Waals surface area contributed by atoms with Crippen LogP contribution in [0, 0.1) is 11.8 Å². The highest BCUT2D eigenvalue weighted by Gasteiger charge is 2.39. The minimum atomic E-state index is -0.719. The molecular weight excluding hydrogens is 368 g/mol. The molecular formula is C24H42O5. The molecule has 1 saturated carbocycles. The second-order valence-corrected chi connectivity index (χ2v) is 8.89. The third-order valence-electron chi connectivity index (χ3n) is 6.09. The van der Waals surface area contributed by atoms with Crippen molar-refractivity contribution >= 4 is 11.8 Å². The van der Waals surface area contributed by atoms with Gasteiger partial charge in [0.25, 0.3) is 0 Å². The molecule has 0 aliphatic heterocycles. The highest BCUT2D eigenvalue weighted by atomic mass is 16.5. The standard InChI is InChI=1S/C24H42O5/c1-4-5-16-24(2,28)17-12-14-20-19(21(25)18-22(20)26)13-10-8-6-7-9-11-15-23(27)29-3/h12,14,19-20,22,26,28H,4-11,13,15-18H2,1-3H3/b14-12+/t19-,20+,22-,24-/m0/s1. The molecule has 1 rings (SSSR count). The van der Waals surface area contributed by atoms with Gasteiger partial charge in [-0.25, -0.2) is 0 Å². The highest BCUT2D eigenvalue weighted by Crippen LogP contribution is 2.34. The van der Waals surface area contributed by atoms with E-state index in [0.717, 1.165) is 64.2 Å². The Bertz CT molecular complexity index is 511. The Hall–Kier alpha value is -1.20. The molecule has 2 N–H and O–H groups in total. The fourth-order valence-electron chi connectivity index (χ4n) is 4.17. The van der Waals surface area contributed by atoms with Crippen molar-refractivity contribution in [3.8, 4) is 0 Å². The molecule has 1 fully saturated rings. The van der Waals surface area contributed by atoms with E-state index >= 15 is 0 Å². The topological polar surface area (TPSA) is 83.8 Å². The first-order valence-electron chi connectivity index (χ1n) is 11.5. The Labute approximate surface area is 176 Å². The summed E-state index contributed by atoms with van der Waals surface area (Å²) in [6.07, 6.45) is 14.4. The Morgan fingerprint density at radius 2 is 1.83 bits per heavy atom. The van der Waals surface area contributed by atoms with Gasteiger partial charge < -0.3 is 14.9 Å². The number of esters is 1. The Balaban J connectivity index is 2.32. The summed E-state index contributed by atoms with van der Waals surface area (Å²) in [5.74, 6) is -0.192. The van der Waals surface area contributed by atoms with Crippen LogP contribution in [-0.2, 0) is 14.3 Å². The maximum atomic E-state index is 12.3. The van der Waals surface area contributed by atoms with Crippen LogP contribution >= 0.6 is 0 Å². The zero-order valence-electron chi connectivity index (χ0n) is 18.7. The van der Waals surface area contributed by atoms with E-state index in [9.17, 15) is 19.8 Å². The molecule has 0 unspecified atom stereocenters. The molecule has 0 aromatic rings. The number of hydrogen-bond donors (Lipinski definition) is 2. The number of aliphatic hydroxyl groups excluding tert-OH is 1. The van der Waals surface area contributed by atoms with Gasteiger partial charge in [0.15, 0.2) is 0 Å². The first-order chi connectivity index (χ1) is 13.8. The van der Waals surface area contributed by atoms with Crippen LogP contribution in [0.5, 0.6) is 0 Å². The lowest BCUT2D eigenvalue weighted by molar-refractivity contribution is -0.140. The van der Waals surface area contributed by atoms with Gasteiger partial charge in [-0.3, -0.25) is 9.59 Å². The van der Waals surface area contributed by atoms with Crippen molar-refractivity contribution in [3.05, 3.63) is 12.2 Å². The SMILES string of the molecule is CCCC[C@](C)(O)C/C=C/[C@@H]1[C@H](CCCCCCCCC(=O)OC)C(=O)C[C@@H]1O. The van der Waals surface area contributed by atoms with Crippen LogP contribution in [0.2, 0.25) is 0 Å². The number of carbonyl (C=O) groups excluding carboxylic acids is 2. The molecule has 0 aromatic carbocycles. The molecule has 0 amide bonds. The van der Waals surface area contributed by atoms with Crippen molar-refractivity contribution in [1.82, 2.24) is 0 Å². The van der Waals surface area contributed by atoms with Gasteiger partial charge >= 0.3 is 5.97 Å². The van der Waals surface area contributed by atoms with Crippen LogP contribution in [0.1, 0.15) is 97.3 Å². The summed E-state index contributed by atoms with van der Waals surface area (Å²) in [5.41, 5.74) is -0.719. The molecule has 5 heteroatoms. The van der Waals surface area contributed by atoms with Crippen LogP contribution in [0.15, 0.2) is 12.2 Å². The van der Waals surface area contributed by atoms with Gasteiger partial charge in [0, 0.05) is 24.7 Å². The zero-order valence-corrected chi connectivity index (χ0v) is 18.7. The molecule has 1 aliphatic rings. The monoisotopic (exact) mass is 410 g/mol. The van der Waals surface area contributed by atoms with Crippen molar-refractivity contribution in [2.75, 3.05) is 7.11 Å². The predicted octanol–water partition coefficient (Wildman–Crippen LogP) is 4.73. The molecule has 0 spiro atoms. The number of aliphatic hydroxyl groups is 2. The van der Waals surface area contributed by atoms with Gasteiger partial charge in [0.05, 0.1) is 18.8 Å². The van der Waals surface area contributed by atoms with Crippen molar-refractivity contribution in [2.45, 2.75) is 109 Å². The lowest BCUT2D eigenvalue weighted by Crippen LogP contribution is -2.23. The van der Waals surface area contributed by atoms with Crippen LogP contribution in [0.25, 0.3) is 0 Å². The number of carbonyl (C=O) groups is 2. The van der Waals surface area contributed by atoms with Crippen molar-refractivity contribution < 1.29 is 24.5 Å². The Morgan fingerprint density at radius 1 is 1.17 bits per heavy atom. The molecule has 29 heavy (non-hydrogen) atoms. The second-order valence-electron chi connectivity index (χ2n) is 8.89. The summed E-state index contributed by atoms with van der Waals surface area (Å²) in [6, 6.07) is 0. The van der Waals surface area contributed by atoms with E-state index in [4.69, 9.17) is 0 Å². The van der Waals surface area contributed by atoms with Crippen molar-refractivity contribution in [1.29, 1.82) is 0 Å². The van der Waals surface area contributed by atoms with Crippen LogP contribution in [0.3, 0.4) is 0 Å². The fraction of sp³-hybridized carbons (Fsp3) is 0.833. The Kier molecular flexibility index (Phi) is 12.4. The fourth-order valence-corrected chi connectivity index (χ4v) is 4.17. The maximum Gasteiger partial charge on any atom is 0.305 e. The molecule has 0 radical (unpaired) electrons. The van der Waals surface area contributed by atoms with E-state index in [1.807, 2.05) is 19.1 Å². The predicted molar refractivity (Wildman–Crippen MR) is 115 cm³/mol. The van der Waals surface area contributed by atoms with Crippen molar-refractivity contribution in [2.24, 2.45) is 11.8 Å². The van der Waals surface area contributed by atoms with Gasteiger partial charge in [0.1, 0.15) is 5.78 Å². The minimum absolute atomic E-state index is 0.0961. The second kappa shape index (κ2) is 13.9. The van der Waals surface area contributed by atoms with E-state index in [-0.39, 0.29) is 30.0 Å².